The number of carboxylic acid groups (broad SMARTS) is 1. The lowest BCUT2D eigenvalue weighted by molar-refractivity contribution is -0.139. The van der Waals surface area contributed by atoms with Crippen LogP contribution in [0.5, 0.6) is 0 Å². The second-order valence-electron chi connectivity index (χ2n) is 3.53. The van der Waals surface area contributed by atoms with Crippen LogP contribution in [0.2, 0.25) is 0 Å². The summed E-state index contributed by atoms with van der Waals surface area (Å²) < 4.78 is 0. The first-order valence-electron chi connectivity index (χ1n) is 4.63. The molecule has 0 saturated heterocycles. The Morgan fingerprint density at radius 2 is 2.00 bits per heavy atom. The first-order chi connectivity index (χ1) is 6.61. The van der Waals surface area contributed by atoms with Gasteiger partial charge in [-0.1, -0.05) is 37.3 Å². The van der Waals surface area contributed by atoms with Gasteiger partial charge in [0.15, 0.2) is 0 Å². The Kier molecular flexibility index (Phi) is 3.65. The SMILES string of the molecule is CC(Cc1ccccc1)C(N)C(=O)O. The highest BCUT2D eigenvalue weighted by Gasteiger charge is 2.19. The number of rotatable bonds is 4. The molecule has 0 bridgehead atoms. The van der Waals surface area contributed by atoms with Crippen molar-refractivity contribution >= 4 is 5.97 Å². The van der Waals surface area contributed by atoms with Crippen molar-refractivity contribution in [3.8, 4) is 0 Å². The number of hydrogen-bond acceptors (Lipinski definition) is 2. The zero-order valence-corrected chi connectivity index (χ0v) is 8.18. The van der Waals surface area contributed by atoms with E-state index in [-0.39, 0.29) is 5.92 Å². The van der Waals surface area contributed by atoms with Gasteiger partial charge in [-0.2, -0.15) is 0 Å². The summed E-state index contributed by atoms with van der Waals surface area (Å²) in [6.07, 6.45) is 0.703. The Labute approximate surface area is 83.6 Å². The molecule has 0 spiro atoms. The molecular formula is C11H15NO2. The number of hydrogen-bond donors (Lipinski definition) is 2. The van der Waals surface area contributed by atoms with Crippen LogP contribution in [-0.2, 0) is 11.2 Å². The Hall–Kier alpha value is -1.35. The average molecular weight is 193 g/mol. The third kappa shape index (κ3) is 2.85. The minimum atomic E-state index is -0.937. The van der Waals surface area contributed by atoms with Gasteiger partial charge in [-0.15, -0.1) is 0 Å². The maximum atomic E-state index is 10.6. The van der Waals surface area contributed by atoms with Crippen molar-refractivity contribution in [1.29, 1.82) is 0 Å². The number of aliphatic carboxylic acids is 1. The van der Waals surface area contributed by atoms with E-state index in [0.29, 0.717) is 6.42 Å². The molecule has 1 aromatic carbocycles. The summed E-state index contributed by atoms with van der Waals surface area (Å²) in [6, 6.07) is 8.99. The predicted octanol–water partition coefficient (Wildman–Crippen LogP) is 1.28. The third-order valence-corrected chi connectivity index (χ3v) is 2.30. The first kappa shape index (κ1) is 10.7. The van der Waals surface area contributed by atoms with Crippen molar-refractivity contribution in [3.63, 3.8) is 0 Å². The van der Waals surface area contributed by atoms with Gasteiger partial charge in [0.25, 0.3) is 0 Å². The molecule has 76 valence electrons. The fourth-order valence-corrected chi connectivity index (χ4v) is 1.36. The van der Waals surface area contributed by atoms with Crippen LogP contribution in [0.15, 0.2) is 30.3 Å². The summed E-state index contributed by atoms with van der Waals surface area (Å²) in [5, 5.41) is 8.71. The Morgan fingerprint density at radius 3 is 2.50 bits per heavy atom. The molecule has 0 saturated carbocycles. The third-order valence-electron chi connectivity index (χ3n) is 2.30. The van der Waals surface area contributed by atoms with E-state index in [1.54, 1.807) is 0 Å². The molecule has 0 aliphatic carbocycles. The fourth-order valence-electron chi connectivity index (χ4n) is 1.36. The molecular weight excluding hydrogens is 178 g/mol. The lowest BCUT2D eigenvalue weighted by atomic mass is 9.95. The van der Waals surface area contributed by atoms with Crippen molar-refractivity contribution < 1.29 is 9.90 Å². The summed E-state index contributed by atoms with van der Waals surface area (Å²) >= 11 is 0. The molecule has 3 N–H and O–H groups in total. The summed E-state index contributed by atoms with van der Waals surface area (Å²) in [6.45, 7) is 1.85. The number of carbonyl (C=O) groups is 1. The van der Waals surface area contributed by atoms with E-state index in [9.17, 15) is 4.79 Å². The summed E-state index contributed by atoms with van der Waals surface area (Å²) in [5.74, 6) is -0.983. The number of benzene rings is 1. The van der Waals surface area contributed by atoms with Gasteiger partial charge >= 0.3 is 5.97 Å². The van der Waals surface area contributed by atoms with Crippen LogP contribution in [0, 0.1) is 5.92 Å². The molecule has 0 aromatic heterocycles. The number of nitrogens with two attached hydrogens (primary N) is 1. The van der Waals surface area contributed by atoms with E-state index in [1.165, 1.54) is 0 Å². The van der Waals surface area contributed by atoms with Crippen LogP contribution in [0.4, 0.5) is 0 Å². The van der Waals surface area contributed by atoms with Gasteiger partial charge in [0, 0.05) is 0 Å². The average Bonchev–Trinajstić information content (AvgIpc) is 2.18. The highest BCUT2D eigenvalue weighted by Crippen LogP contribution is 2.10. The standard InChI is InChI=1S/C11H15NO2/c1-8(10(12)11(13)14)7-9-5-3-2-4-6-9/h2-6,8,10H,7,12H2,1H3,(H,13,14). The first-order valence-corrected chi connectivity index (χ1v) is 4.63. The van der Waals surface area contributed by atoms with Gasteiger partial charge in [-0.05, 0) is 17.9 Å². The van der Waals surface area contributed by atoms with Crippen molar-refractivity contribution in [3.05, 3.63) is 35.9 Å². The van der Waals surface area contributed by atoms with E-state index < -0.39 is 12.0 Å². The second-order valence-corrected chi connectivity index (χ2v) is 3.53. The molecule has 2 unspecified atom stereocenters. The van der Waals surface area contributed by atoms with Crippen LogP contribution in [0.3, 0.4) is 0 Å². The van der Waals surface area contributed by atoms with Crippen LogP contribution in [0.1, 0.15) is 12.5 Å². The molecule has 0 aliphatic heterocycles. The monoisotopic (exact) mass is 193 g/mol. The quantitative estimate of drug-likeness (QED) is 0.757. The van der Waals surface area contributed by atoms with E-state index in [4.69, 9.17) is 10.8 Å². The van der Waals surface area contributed by atoms with E-state index in [2.05, 4.69) is 0 Å². The number of carboxylic acids is 1. The second kappa shape index (κ2) is 4.77. The summed E-state index contributed by atoms with van der Waals surface area (Å²) in [7, 11) is 0. The zero-order valence-electron chi connectivity index (χ0n) is 8.18. The highest BCUT2D eigenvalue weighted by molar-refractivity contribution is 5.73. The summed E-state index contributed by atoms with van der Waals surface area (Å²) in [4.78, 5) is 10.6. The maximum absolute atomic E-state index is 10.6. The molecule has 0 fully saturated rings. The molecule has 3 nitrogen and oxygen atoms in total. The molecule has 3 heteroatoms. The molecule has 0 radical (unpaired) electrons. The molecule has 1 aromatic rings. The van der Waals surface area contributed by atoms with Crippen LogP contribution >= 0.6 is 0 Å². The van der Waals surface area contributed by atoms with Crippen molar-refractivity contribution in [2.45, 2.75) is 19.4 Å². The van der Waals surface area contributed by atoms with Gasteiger partial charge in [-0.3, -0.25) is 4.79 Å². The van der Waals surface area contributed by atoms with Crippen LogP contribution in [-0.4, -0.2) is 17.1 Å². The van der Waals surface area contributed by atoms with Gasteiger partial charge in [0.05, 0.1) is 0 Å². The highest BCUT2D eigenvalue weighted by atomic mass is 16.4. The zero-order chi connectivity index (χ0) is 10.6. The molecule has 2 atom stereocenters. The largest absolute Gasteiger partial charge is 0.480 e. The Bertz CT molecular complexity index is 297. The van der Waals surface area contributed by atoms with Crippen LogP contribution in [0.25, 0.3) is 0 Å². The minimum absolute atomic E-state index is 0.0464. The minimum Gasteiger partial charge on any atom is -0.480 e. The van der Waals surface area contributed by atoms with Gasteiger partial charge in [0.2, 0.25) is 0 Å². The lowest BCUT2D eigenvalue weighted by Gasteiger charge is -2.15. The van der Waals surface area contributed by atoms with Crippen molar-refractivity contribution in [1.82, 2.24) is 0 Å². The van der Waals surface area contributed by atoms with Crippen molar-refractivity contribution in [2.24, 2.45) is 11.7 Å². The van der Waals surface area contributed by atoms with E-state index in [1.807, 2.05) is 37.3 Å². The molecule has 0 aliphatic rings. The molecule has 0 amide bonds. The maximum Gasteiger partial charge on any atom is 0.320 e. The lowest BCUT2D eigenvalue weighted by Crippen LogP contribution is -2.37. The van der Waals surface area contributed by atoms with Crippen LogP contribution < -0.4 is 5.73 Å². The van der Waals surface area contributed by atoms with Gasteiger partial charge in [-0.25, -0.2) is 0 Å². The van der Waals surface area contributed by atoms with E-state index in [0.717, 1.165) is 5.56 Å². The van der Waals surface area contributed by atoms with E-state index >= 15 is 0 Å². The predicted molar refractivity (Wildman–Crippen MR) is 54.9 cm³/mol. The van der Waals surface area contributed by atoms with Crippen molar-refractivity contribution in [2.75, 3.05) is 0 Å². The molecule has 14 heavy (non-hydrogen) atoms. The normalized spacial score (nSPS) is 14.7. The smallest absolute Gasteiger partial charge is 0.320 e. The molecule has 1 rings (SSSR count). The fraction of sp³-hybridized carbons (Fsp3) is 0.364. The Balaban J connectivity index is 2.57. The Morgan fingerprint density at radius 1 is 1.43 bits per heavy atom. The van der Waals surface area contributed by atoms with Gasteiger partial charge < -0.3 is 10.8 Å². The molecule has 0 heterocycles. The van der Waals surface area contributed by atoms with Gasteiger partial charge in [0.1, 0.15) is 6.04 Å². The topological polar surface area (TPSA) is 63.3 Å². The summed E-state index contributed by atoms with van der Waals surface area (Å²) in [5.41, 5.74) is 6.63.